The number of nitrogens with zero attached hydrogens (tertiary/aromatic N) is 2. The highest BCUT2D eigenvalue weighted by molar-refractivity contribution is 7.09. The van der Waals surface area contributed by atoms with E-state index in [0.29, 0.717) is 18.1 Å². The maximum atomic E-state index is 11.9. The van der Waals surface area contributed by atoms with Gasteiger partial charge in [0, 0.05) is 11.9 Å². The Morgan fingerprint density at radius 1 is 1.58 bits per heavy atom. The first-order chi connectivity index (χ1) is 8.99. The number of alkyl halides is 1. The van der Waals surface area contributed by atoms with Crippen LogP contribution in [-0.4, -0.2) is 40.8 Å². The van der Waals surface area contributed by atoms with Crippen molar-refractivity contribution in [2.75, 3.05) is 13.7 Å². The summed E-state index contributed by atoms with van der Waals surface area (Å²) < 4.78 is 4.59. The van der Waals surface area contributed by atoms with Crippen LogP contribution in [0.1, 0.15) is 35.8 Å². The van der Waals surface area contributed by atoms with Gasteiger partial charge >= 0.3 is 5.97 Å². The van der Waals surface area contributed by atoms with Gasteiger partial charge < -0.3 is 9.64 Å². The Morgan fingerprint density at radius 2 is 2.26 bits per heavy atom. The van der Waals surface area contributed by atoms with Gasteiger partial charge in [0.2, 0.25) is 5.91 Å². The number of halogens is 1. The van der Waals surface area contributed by atoms with Crippen LogP contribution in [0.25, 0.3) is 0 Å². The van der Waals surface area contributed by atoms with E-state index in [9.17, 15) is 9.59 Å². The lowest BCUT2D eigenvalue weighted by atomic mass is 10.3. The molecule has 0 radical (unpaired) electrons. The summed E-state index contributed by atoms with van der Waals surface area (Å²) in [7, 11) is 1.31. The van der Waals surface area contributed by atoms with Gasteiger partial charge in [-0.3, -0.25) is 4.79 Å². The predicted molar refractivity (Wildman–Crippen MR) is 74.5 cm³/mol. The number of carbonyl (C=O) groups is 2. The van der Waals surface area contributed by atoms with E-state index in [0.717, 1.165) is 6.42 Å². The number of esters is 1. The zero-order valence-electron chi connectivity index (χ0n) is 11.2. The minimum atomic E-state index is -0.563. The van der Waals surface area contributed by atoms with E-state index in [4.69, 9.17) is 11.6 Å². The first-order valence-corrected chi connectivity index (χ1v) is 7.26. The van der Waals surface area contributed by atoms with Crippen molar-refractivity contribution in [3.63, 3.8) is 0 Å². The smallest absolute Gasteiger partial charge is 0.357 e. The van der Waals surface area contributed by atoms with Gasteiger partial charge in [-0.2, -0.15) is 0 Å². The molecule has 1 aromatic rings. The number of hydrogen-bond donors (Lipinski definition) is 0. The summed E-state index contributed by atoms with van der Waals surface area (Å²) in [5.41, 5.74) is 0.269. The van der Waals surface area contributed by atoms with E-state index in [1.165, 1.54) is 18.4 Å². The summed E-state index contributed by atoms with van der Waals surface area (Å²) in [6.07, 6.45) is 0.838. The van der Waals surface area contributed by atoms with Gasteiger partial charge in [0.1, 0.15) is 10.4 Å². The summed E-state index contributed by atoms with van der Waals surface area (Å²) >= 11 is 7.15. The number of aromatic nitrogens is 1. The molecule has 0 aromatic carbocycles. The Labute approximate surface area is 121 Å². The number of methoxy groups -OCH3 is 1. The van der Waals surface area contributed by atoms with Crippen LogP contribution in [0.4, 0.5) is 0 Å². The summed E-state index contributed by atoms with van der Waals surface area (Å²) in [6.45, 7) is 4.61. The molecular formula is C12H17ClN2O3S. The van der Waals surface area contributed by atoms with Gasteiger partial charge in [-0.05, 0) is 13.3 Å². The van der Waals surface area contributed by atoms with E-state index in [1.54, 1.807) is 17.2 Å². The zero-order valence-corrected chi connectivity index (χ0v) is 12.8. The van der Waals surface area contributed by atoms with Gasteiger partial charge in [0.15, 0.2) is 5.69 Å². The molecular weight excluding hydrogens is 288 g/mol. The molecule has 106 valence electrons. The molecule has 0 saturated carbocycles. The largest absolute Gasteiger partial charge is 0.464 e. The van der Waals surface area contributed by atoms with Crippen molar-refractivity contribution in [2.24, 2.45) is 0 Å². The fourth-order valence-electron chi connectivity index (χ4n) is 1.53. The molecule has 19 heavy (non-hydrogen) atoms. The Hall–Kier alpha value is -1.14. The highest BCUT2D eigenvalue weighted by Crippen LogP contribution is 2.15. The maximum Gasteiger partial charge on any atom is 0.357 e. The second-order valence-corrected chi connectivity index (χ2v) is 5.59. The fraction of sp³-hybridized carbons (Fsp3) is 0.583. The molecule has 0 spiro atoms. The Kier molecular flexibility index (Phi) is 6.24. The molecule has 1 heterocycles. The van der Waals surface area contributed by atoms with E-state index >= 15 is 0 Å². The summed E-state index contributed by atoms with van der Waals surface area (Å²) in [4.78, 5) is 29.0. The molecule has 0 N–H and O–H groups in total. The maximum absolute atomic E-state index is 11.9. The number of thiazole rings is 1. The SMILES string of the molecule is CCCN(Cc1nc(C(=O)OC)cs1)C(=O)C(C)Cl. The molecule has 0 saturated heterocycles. The summed E-state index contributed by atoms with van der Waals surface area (Å²) in [6, 6.07) is 0. The van der Waals surface area contributed by atoms with Crippen molar-refractivity contribution in [3.05, 3.63) is 16.1 Å². The summed E-state index contributed by atoms with van der Waals surface area (Å²) in [5, 5.41) is 1.76. The average Bonchev–Trinajstić information content (AvgIpc) is 2.84. The van der Waals surface area contributed by atoms with E-state index in [1.807, 2.05) is 6.92 Å². The second kappa shape index (κ2) is 7.45. The van der Waals surface area contributed by atoms with E-state index < -0.39 is 11.3 Å². The zero-order chi connectivity index (χ0) is 14.4. The van der Waals surface area contributed by atoms with E-state index in [-0.39, 0.29) is 11.6 Å². The average molecular weight is 305 g/mol. The second-order valence-electron chi connectivity index (χ2n) is 3.99. The molecule has 0 fully saturated rings. The van der Waals surface area contributed by atoms with Crippen molar-refractivity contribution < 1.29 is 14.3 Å². The number of hydrogen-bond acceptors (Lipinski definition) is 5. The molecule has 0 aliphatic heterocycles. The molecule has 7 heteroatoms. The summed E-state index contributed by atoms with van der Waals surface area (Å²) in [5.74, 6) is -0.597. The Bertz CT molecular complexity index is 448. The van der Waals surface area contributed by atoms with Crippen LogP contribution in [0.2, 0.25) is 0 Å². The van der Waals surface area contributed by atoms with Gasteiger partial charge in [0.25, 0.3) is 0 Å². The number of amides is 1. The lowest BCUT2D eigenvalue weighted by Crippen LogP contribution is -2.35. The number of rotatable bonds is 6. The van der Waals surface area contributed by atoms with Crippen LogP contribution < -0.4 is 0 Å². The van der Waals surface area contributed by atoms with Crippen molar-refractivity contribution in [2.45, 2.75) is 32.2 Å². The highest BCUT2D eigenvalue weighted by Gasteiger charge is 2.20. The number of carbonyl (C=O) groups excluding carboxylic acids is 2. The highest BCUT2D eigenvalue weighted by atomic mass is 35.5. The molecule has 1 unspecified atom stereocenters. The third-order valence-electron chi connectivity index (χ3n) is 2.42. The number of ether oxygens (including phenoxy) is 1. The van der Waals surface area contributed by atoms with Gasteiger partial charge in [-0.15, -0.1) is 22.9 Å². The minimum absolute atomic E-state index is 0.127. The van der Waals surface area contributed by atoms with E-state index in [2.05, 4.69) is 9.72 Å². The third-order valence-corrected chi connectivity index (χ3v) is 3.44. The predicted octanol–water partition coefficient (Wildman–Crippen LogP) is 2.30. The normalized spacial score (nSPS) is 12.0. The topological polar surface area (TPSA) is 59.5 Å². The monoisotopic (exact) mass is 304 g/mol. The first-order valence-electron chi connectivity index (χ1n) is 5.95. The van der Waals surface area contributed by atoms with Crippen molar-refractivity contribution in [1.29, 1.82) is 0 Å². The lowest BCUT2D eigenvalue weighted by molar-refractivity contribution is -0.131. The Balaban J connectivity index is 2.76. The molecule has 0 aliphatic carbocycles. The van der Waals surface area contributed by atoms with Gasteiger partial charge in [-0.25, -0.2) is 9.78 Å². The van der Waals surface area contributed by atoms with Crippen LogP contribution >= 0.6 is 22.9 Å². The van der Waals surface area contributed by atoms with Crippen molar-refractivity contribution in [3.8, 4) is 0 Å². The van der Waals surface area contributed by atoms with Gasteiger partial charge in [0.05, 0.1) is 13.7 Å². The molecule has 0 bridgehead atoms. The lowest BCUT2D eigenvalue weighted by Gasteiger charge is -2.22. The minimum Gasteiger partial charge on any atom is -0.464 e. The fourth-order valence-corrected chi connectivity index (χ4v) is 2.45. The molecule has 1 rings (SSSR count). The van der Waals surface area contributed by atoms with Crippen LogP contribution in [0, 0.1) is 0 Å². The molecule has 1 amide bonds. The molecule has 0 aliphatic rings. The van der Waals surface area contributed by atoms with Crippen molar-refractivity contribution in [1.82, 2.24) is 9.88 Å². The van der Waals surface area contributed by atoms with Gasteiger partial charge in [-0.1, -0.05) is 6.92 Å². The standard InChI is InChI=1S/C12H17ClN2O3S/c1-4-5-15(11(16)8(2)13)6-10-14-9(7-19-10)12(17)18-3/h7-8H,4-6H2,1-3H3. The molecule has 5 nitrogen and oxygen atoms in total. The van der Waals surface area contributed by atoms with Crippen LogP contribution in [-0.2, 0) is 16.1 Å². The first kappa shape index (κ1) is 15.9. The third kappa shape index (κ3) is 4.47. The van der Waals surface area contributed by atoms with Crippen LogP contribution in [0.15, 0.2) is 5.38 Å². The van der Waals surface area contributed by atoms with Crippen LogP contribution in [0.5, 0.6) is 0 Å². The van der Waals surface area contributed by atoms with Crippen LogP contribution in [0.3, 0.4) is 0 Å². The molecule has 1 atom stereocenters. The quantitative estimate of drug-likeness (QED) is 0.597. The van der Waals surface area contributed by atoms with Crippen molar-refractivity contribution >= 4 is 34.8 Å². The Morgan fingerprint density at radius 3 is 2.79 bits per heavy atom. The molecule has 1 aromatic heterocycles.